The summed E-state index contributed by atoms with van der Waals surface area (Å²) in [7, 11) is 0. The molecular formula is C22H46N2O3Sn. The first kappa shape index (κ1) is 26.0. The fourth-order valence-corrected chi connectivity index (χ4v) is 18.4. The van der Waals surface area contributed by atoms with E-state index < -0.39 is 24.0 Å². The quantitative estimate of drug-likeness (QED) is 0.364. The van der Waals surface area contributed by atoms with E-state index in [1.807, 2.05) is 20.8 Å². The fourth-order valence-electron chi connectivity index (χ4n) is 3.98. The van der Waals surface area contributed by atoms with Gasteiger partial charge in [-0.1, -0.05) is 0 Å². The van der Waals surface area contributed by atoms with Crippen molar-refractivity contribution in [1.29, 1.82) is 0 Å². The average Bonchev–Trinajstić information content (AvgIpc) is 3.00. The summed E-state index contributed by atoms with van der Waals surface area (Å²) in [6.45, 7) is 13.7. The third-order valence-corrected chi connectivity index (χ3v) is 20.1. The Kier molecular flexibility index (Phi) is 11.7. The summed E-state index contributed by atoms with van der Waals surface area (Å²) in [5.41, 5.74) is 5.87. The molecule has 2 N–H and O–H groups in total. The molecule has 1 heterocycles. The molecule has 5 nitrogen and oxygen atoms in total. The molecule has 1 amide bonds. The fraction of sp³-hybridized carbons (Fsp3) is 0.955. The predicted octanol–water partition coefficient (Wildman–Crippen LogP) is 5.34. The number of unbranched alkanes of at least 4 members (excludes halogenated alkanes) is 3. The molecule has 0 aromatic carbocycles. The third-order valence-electron chi connectivity index (χ3n) is 5.75. The van der Waals surface area contributed by atoms with Crippen LogP contribution < -0.4 is 5.73 Å². The van der Waals surface area contributed by atoms with Gasteiger partial charge in [-0.3, -0.25) is 0 Å². The van der Waals surface area contributed by atoms with Crippen molar-refractivity contribution >= 4 is 24.5 Å². The van der Waals surface area contributed by atoms with Gasteiger partial charge in [0, 0.05) is 0 Å². The number of likely N-dealkylation sites (tertiary alicyclic amines) is 1. The zero-order chi connectivity index (χ0) is 21.2. The van der Waals surface area contributed by atoms with E-state index in [0.717, 1.165) is 4.62 Å². The van der Waals surface area contributed by atoms with Crippen molar-refractivity contribution in [2.45, 2.75) is 111 Å². The molecule has 1 aliphatic rings. The molecule has 1 aliphatic heterocycles. The van der Waals surface area contributed by atoms with Gasteiger partial charge in [0.1, 0.15) is 0 Å². The minimum atomic E-state index is -2.33. The van der Waals surface area contributed by atoms with Gasteiger partial charge in [-0.15, -0.1) is 0 Å². The number of nitrogens with two attached hydrogens (primary N) is 1. The third kappa shape index (κ3) is 9.20. The van der Waals surface area contributed by atoms with Gasteiger partial charge in [0.2, 0.25) is 0 Å². The molecule has 6 heteroatoms. The van der Waals surface area contributed by atoms with E-state index in [2.05, 4.69) is 20.8 Å². The summed E-state index contributed by atoms with van der Waals surface area (Å²) in [4.78, 5) is 14.1. The van der Waals surface area contributed by atoms with Gasteiger partial charge >= 0.3 is 178 Å². The van der Waals surface area contributed by atoms with E-state index >= 15 is 0 Å². The molecule has 0 aliphatic carbocycles. The van der Waals surface area contributed by atoms with E-state index in [1.54, 1.807) is 4.90 Å². The van der Waals surface area contributed by atoms with Crippen LogP contribution in [-0.4, -0.2) is 64.8 Å². The van der Waals surface area contributed by atoms with Crippen LogP contribution in [0.1, 0.15) is 80.1 Å². The van der Waals surface area contributed by atoms with Crippen molar-refractivity contribution < 1.29 is 14.3 Å². The van der Waals surface area contributed by atoms with E-state index in [0.29, 0.717) is 13.1 Å². The Morgan fingerprint density at radius 1 is 1.00 bits per heavy atom. The number of nitrogens with zero attached hydrogens (tertiary/aromatic N) is 1. The van der Waals surface area contributed by atoms with Gasteiger partial charge in [-0.2, -0.15) is 0 Å². The molecule has 0 radical (unpaired) electrons. The van der Waals surface area contributed by atoms with Crippen molar-refractivity contribution in [3.63, 3.8) is 0 Å². The van der Waals surface area contributed by atoms with Crippen LogP contribution in [-0.2, 0) is 9.47 Å². The number of carbonyl (C=O) groups excluding carboxylic acids is 1. The molecule has 1 saturated heterocycles. The van der Waals surface area contributed by atoms with Crippen molar-refractivity contribution in [3.8, 4) is 0 Å². The van der Waals surface area contributed by atoms with Crippen LogP contribution in [0.5, 0.6) is 0 Å². The van der Waals surface area contributed by atoms with Crippen LogP contribution in [0.25, 0.3) is 0 Å². The van der Waals surface area contributed by atoms with Crippen molar-refractivity contribution in [2.24, 2.45) is 5.73 Å². The second-order valence-corrected chi connectivity index (χ2v) is 23.4. The van der Waals surface area contributed by atoms with Gasteiger partial charge in [-0.25, -0.2) is 0 Å². The Labute approximate surface area is 178 Å². The van der Waals surface area contributed by atoms with Crippen LogP contribution >= 0.6 is 0 Å². The summed E-state index contributed by atoms with van der Waals surface area (Å²) in [6.07, 6.45) is 7.51. The Morgan fingerprint density at radius 3 is 1.93 bits per heavy atom. The number of rotatable bonds is 12. The van der Waals surface area contributed by atoms with Gasteiger partial charge in [-0.05, 0) is 0 Å². The second-order valence-electron chi connectivity index (χ2n) is 9.71. The zero-order valence-electron chi connectivity index (χ0n) is 19.4. The molecule has 1 rings (SSSR count). The molecule has 0 aromatic heterocycles. The minimum absolute atomic E-state index is 0.0477. The molecule has 0 spiro atoms. The molecule has 1 fully saturated rings. The van der Waals surface area contributed by atoms with Crippen molar-refractivity contribution in [3.05, 3.63) is 0 Å². The SMILES string of the molecule is CCC[CH2][Sn]([CH2]CCC)([CH2]CCC)[CH2]O[C@H]1CN(C(=O)OC(C)(C)C)C[C@@H]1N. The van der Waals surface area contributed by atoms with Crippen molar-refractivity contribution in [2.75, 3.05) is 17.7 Å². The van der Waals surface area contributed by atoms with E-state index in [1.165, 1.54) is 51.8 Å². The van der Waals surface area contributed by atoms with Crippen LogP contribution in [0.4, 0.5) is 4.79 Å². The summed E-state index contributed by atoms with van der Waals surface area (Å²) in [5, 5.41) is 0. The maximum atomic E-state index is 12.4. The average molecular weight is 505 g/mol. The Hall–Kier alpha value is -0.0113. The number of amides is 1. The first-order valence-corrected chi connectivity index (χ1v) is 19.6. The Morgan fingerprint density at radius 2 is 1.50 bits per heavy atom. The van der Waals surface area contributed by atoms with Crippen LogP contribution in [0.3, 0.4) is 0 Å². The number of carbonyl (C=O) groups is 1. The van der Waals surface area contributed by atoms with E-state index in [4.69, 9.17) is 15.2 Å². The van der Waals surface area contributed by atoms with Crippen molar-refractivity contribution in [1.82, 2.24) is 4.90 Å². The number of ether oxygens (including phenoxy) is 2. The molecular weight excluding hydrogens is 459 g/mol. The standard InChI is InChI=1S/C10H19N2O3.3C4H9.Sn/c1-10(2,3)15-9(13)12-5-7(11)8(6-12)14-4;3*1-3-4-2;/h7-8H,4-6,11H2,1-3H3;3*1,3-4H2,2H3;/t7-,8-;;;;/m0..../s1. The molecule has 166 valence electrons. The summed E-state index contributed by atoms with van der Waals surface area (Å²) in [6, 6.07) is -0.111. The summed E-state index contributed by atoms with van der Waals surface area (Å²) in [5.74, 6) is 0. The van der Waals surface area contributed by atoms with E-state index in [-0.39, 0.29) is 18.2 Å². The molecule has 0 bridgehead atoms. The van der Waals surface area contributed by atoms with Crippen LogP contribution in [0.2, 0.25) is 13.3 Å². The van der Waals surface area contributed by atoms with Gasteiger partial charge in [0.15, 0.2) is 0 Å². The van der Waals surface area contributed by atoms with Gasteiger partial charge < -0.3 is 0 Å². The number of hydrogen-bond acceptors (Lipinski definition) is 4. The first-order chi connectivity index (χ1) is 13.2. The normalized spacial score (nSPS) is 20.6. The van der Waals surface area contributed by atoms with Gasteiger partial charge in [0.25, 0.3) is 0 Å². The molecule has 0 aromatic rings. The predicted molar refractivity (Wildman–Crippen MR) is 120 cm³/mol. The molecule has 28 heavy (non-hydrogen) atoms. The zero-order valence-corrected chi connectivity index (χ0v) is 22.2. The van der Waals surface area contributed by atoms with Crippen LogP contribution in [0, 0.1) is 0 Å². The molecule has 0 unspecified atom stereocenters. The second kappa shape index (κ2) is 12.6. The Balaban J connectivity index is 2.72. The summed E-state index contributed by atoms with van der Waals surface area (Å²) < 4.78 is 17.3. The van der Waals surface area contributed by atoms with Crippen LogP contribution in [0.15, 0.2) is 0 Å². The van der Waals surface area contributed by atoms with E-state index in [9.17, 15) is 4.79 Å². The topological polar surface area (TPSA) is 64.8 Å². The summed E-state index contributed by atoms with van der Waals surface area (Å²) >= 11 is -2.33. The first-order valence-electron chi connectivity index (χ1n) is 11.5. The Bertz CT molecular complexity index is 432. The van der Waals surface area contributed by atoms with Gasteiger partial charge in [0.05, 0.1) is 0 Å². The molecule has 2 atom stereocenters. The molecule has 0 saturated carbocycles. The monoisotopic (exact) mass is 506 g/mol. The number of hydrogen-bond donors (Lipinski definition) is 1. The maximum absolute atomic E-state index is 12.4.